The first-order chi connectivity index (χ1) is 13.3. The number of nitrogens with zero attached hydrogens (tertiary/aromatic N) is 4. The molecule has 2 aliphatic rings. The number of aromatic nitrogens is 2. The smallest absolute Gasteiger partial charge is 0.152 e. The number of sulfone groups is 1. The molecule has 2 aliphatic heterocycles. The predicted octanol–water partition coefficient (Wildman–Crippen LogP) is 2.84. The van der Waals surface area contributed by atoms with Crippen LogP contribution in [0, 0.1) is 13.8 Å². The minimum atomic E-state index is -2.92. The molecule has 0 N–H and O–H groups in total. The molecule has 0 radical (unpaired) electrons. The number of piperazine rings is 1. The van der Waals surface area contributed by atoms with E-state index in [0.29, 0.717) is 6.42 Å². The molecule has 2 aromatic rings. The van der Waals surface area contributed by atoms with Crippen molar-refractivity contribution in [1.29, 1.82) is 0 Å². The van der Waals surface area contributed by atoms with Gasteiger partial charge < -0.3 is 4.90 Å². The largest absolute Gasteiger partial charge is 0.366 e. The summed E-state index contributed by atoms with van der Waals surface area (Å²) in [4.78, 5) is 4.82. The minimum absolute atomic E-state index is 0.0287. The van der Waals surface area contributed by atoms with Crippen LogP contribution in [0.2, 0.25) is 5.02 Å². The molecule has 28 heavy (non-hydrogen) atoms. The Hall–Kier alpha value is -1.57. The molecule has 2 fully saturated rings. The first kappa shape index (κ1) is 19.7. The Balaban J connectivity index is 1.44. The van der Waals surface area contributed by atoms with Gasteiger partial charge in [-0.3, -0.25) is 9.58 Å². The zero-order chi connectivity index (χ0) is 19.9. The van der Waals surface area contributed by atoms with Crippen LogP contribution in [0.4, 0.5) is 5.69 Å². The summed E-state index contributed by atoms with van der Waals surface area (Å²) in [6, 6.07) is 7.99. The van der Waals surface area contributed by atoms with Crippen LogP contribution >= 0.6 is 11.6 Å². The Morgan fingerprint density at radius 3 is 2.50 bits per heavy atom. The second-order valence-corrected chi connectivity index (χ2v) is 10.5. The van der Waals surface area contributed by atoms with E-state index < -0.39 is 9.84 Å². The van der Waals surface area contributed by atoms with Gasteiger partial charge in [-0.15, -0.1) is 0 Å². The minimum Gasteiger partial charge on any atom is -0.366 e. The Morgan fingerprint density at radius 2 is 1.86 bits per heavy atom. The van der Waals surface area contributed by atoms with Gasteiger partial charge in [0, 0.05) is 37.7 Å². The Kier molecular flexibility index (Phi) is 5.42. The Morgan fingerprint density at radius 1 is 1.14 bits per heavy atom. The molecule has 3 heterocycles. The third kappa shape index (κ3) is 3.93. The molecule has 0 bridgehead atoms. The van der Waals surface area contributed by atoms with E-state index in [4.69, 9.17) is 16.7 Å². The van der Waals surface area contributed by atoms with Crippen molar-refractivity contribution < 1.29 is 8.42 Å². The number of rotatable bonds is 4. The first-order valence-corrected chi connectivity index (χ1v) is 12.0. The van der Waals surface area contributed by atoms with Gasteiger partial charge in [-0.05, 0) is 31.9 Å². The summed E-state index contributed by atoms with van der Waals surface area (Å²) in [6.07, 6.45) is 0.662. The monoisotopic (exact) mass is 422 g/mol. The zero-order valence-corrected chi connectivity index (χ0v) is 18.0. The normalized spacial score (nSPS) is 22.7. The van der Waals surface area contributed by atoms with Gasteiger partial charge in [-0.25, -0.2) is 8.42 Å². The molecule has 6 nitrogen and oxygen atoms in total. The number of halogens is 1. The van der Waals surface area contributed by atoms with E-state index in [1.165, 1.54) is 11.3 Å². The first-order valence-electron chi connectivity index (χ1n) is 9.81. The van der Waals surface area contributed by atoms with E-state index in [2.05, 4.69) is 22.8 Å². The maximum atomic E-state index is 11.9. The molecule has 0 amide bonds. The van der Waals surface area contributed by atoms with E-state index >= 15 is 0 Å². The lowest BCUT2D eigenvalue weighted by Crippen LogP contribution is -2.46. The summed E-state index contributed by atoms with van der Waals surface area (Å²) in [5.74, 6) is 0.478. The molecule has 8 heteroatoms. The van der Waals surface area contributed by atoms with Crippen molar-refractivity contribution in [2.24, 2.45) is 0 Å². The molecule has 1 atom stereocenters. The summed E-state index contributed by atoms with van der Waals surface area (Å²) in [5.41, 5.74) is 4.41. The third-order valence-corrected chi connectivity index (χ3v) is 8.00. The average Bonchev–Trinajstić information content (AvgIpc) is 3.16. The fraction of sp³-hybridized carbons (Fsp3) is 0.550. The third-order valence-electron chi connectivity index (χ3n) is 5.88. The van der Waals surface area contributed by atoms with Crippen LogP contribution in [0.15, 0.2) is 24.3 Å². The van der Waals surface area contributed by atoms with Gasteiger partial charge >= 0.3 is 0 Å². The highest BCUT2D eigenvalue weighted by atomic mass is 35.5. The lowest BCUT2D eigenvalue weighted by atomic mass is 10.1. The molecule has 2 saturated heterocycles. The lowest BCUT2D eigenvalue weighted by molar-refractivity contribution is 0.249. The Labute approximate surface area is 172 Å². The summed E-state index contributed by atoms with van der Waals surface area (Å²) < 4.78 is 25.7. The fourth-order valence-corrected chi connectivity index (χ4v) is 6.32. The van der Waals surface area contributed by atoms with Crippen molar-refractivity contribution >= 4 is 27.1 Å². The van der Waals surface area contributed by atoms with Crippen molar-refractivity contribution in [2.45, 2.75) is 32.9 Å². The topological polar surface area (TPSA) is 58.4 Å². The summed E-state index contributed by atoms with van der Waals surface area (Å²) in [7, 11) is -2.92. The van der Waals surface area contributed by atoms with Gasteiger partial charge in [-0.1, -0.05) is 29.8 Å². The van der Waals surface area contributed by atoms with Crippen LogP contribution < -0.4 is 4.90 Å². The number of anilines is 1. The molecule has 0 unspecified atom stereocenters. The lowest BCUT2D eigenvalue weighted by Gasteiger charge is -2.36. The number of hydrogen-bond acceptors (Lipinski definition) is 5. The highest BCUT2D eigenvalue weighted by Gasteiger charge is 2.32. The van der Waals surface area contributed by atoms with Crippen LogP contribution in [0.25, 0.3) is 0 Å². The van der Waals surface area contributed by atoms with Crippen LogP contribution in [-0.2, 0) is 16.4 Å². The molecular weight excluding hydrogens is 396 g/mol. The van der Waals surface area contributed by atoms with Crippen LogP contribution in [0.1, 0.15) is 29.4 Å². The van der Waals surface area contributed by atoms with Crippen molar-refractivity contribution in [3.8, 4) is 0 Å². The van der Waals surface area contributed by atoms with Gasteiger partial charge in [0.1, 0.15) is 0 Å². The number of benzene rings is 1. The van der Waals surface area contributed by atoms with Gasteiger partial charge in [-0.2, -0.15) is 5.10 Å². The van der Waals surface area contributed by atoms with Gasteiger partial charge in [0.2, 0.25) is 0 Å². The molecule has 152 valence electrons. The number of hydrogen-bond donors (Lipinski definition) is 0. The summed E-state index contributed by atoms with van der Waals surface area (Å²) in [5, 5.41) is 5.53. The maximum absolute atomic E-state index is 11.9. The van der Waals surface area contributed by atoms with E-state index in [-0.39, 0.29) is 17.5 Å². The standard InChI is InChI=1S/C20H27ClN4O2S/c1-15-20(16(2)25(22-15)18-7-12-28(26,27)14-18)24-10-8-23(9-11-24)13-17-5-3-4-6-19(17)21/h3-6,18H,7-14H2,1-2H3/t18-/m1/s1. The second kappa shape index (κ2) is 7.69. The average molecular weight is 423 g/mol. The molecule has 1 aromatic carbocycles. The molecule has 0 saturated carbocycles. The fourth-order valence-electron chi connectivity index (χ4n) is 4.43. The van der Waals surface area contributed by atoms with E-state index in [1.807, 2.05) is 29.8 Å². The van der Waals surface area contributed by atoms with E-state index in [0.717, 1.165) is 49.1 Å². The quantitative estimate of drug-likeness (QED) is 0.758. The van der Waals surface area contributed by atoms with Gasteiger partial charge in [0.15, 0.2) is 9.84 Å². The molecule has 1 aromatic heterocycles. The molecule has 0 aliphatic carbocycles. The van der Waals surface area contributed by atoms with Crippen molar-refractivity contribution in [3.05, 3.63) is 46.2 Å². The zero-order valence-electron chi connectivity index (χ0n) is 16.4. The second-order valence-electron chi connectivity index (χ2n) is 7.88. The van der Waals surface area contributed by atoms with Crippen molar-refractivity contribution in [1.82, 2.24) is 14.7 Å². The van der Waals surface area contributed by atoms with Crippen LogP contribution in [0.5, 0.6) is 0 Å². The highest BCUT2D eigenvalue weighted by Crippen LogP contribution is 2.32. The molecule has 4 rings (SSSR count). The molecule has 0 spiro atoms. The van der Waals surface area contributed by atoms with Crippen molar-refractivity contribution in [3.63, 3.8) is 0 Å². The van der Waals surface area contributed by atoms with Crippen molar-refractivity contribution in [2.75, 3.05) is 42.6 Å². The van der Waals surface area contributed by atoms with Crippen LogP contribution in [0.3, 0.4) is 0 Å². The maximum Gasteiger partial charge on any atom is 0.152 e. The van der Waals surface area contributed by atoms with Crippen LogP contribution in [-0.4, -0.2) is 60.8 Å². The summed E-state index contributed by atoms with van der Waals surface area (Å²) in [6.45, 7) is 8.75. The highest BCUT2D eigenvalue weighted by molar-refractivity contribution is 7.91. The summed E-state index contributed by atoms with van der Waals surface area (Å²) >= 11 is 6.30. The molecular formula is C20H27ClN4O2S. The van der Waals surface area contributed by atoms with Gasteiger partial charge in [0.25, 0.3) is 0 Å². The number of aryl methyl sites for hydroxylation is 1. The van der Waals surface area contributed by atoms with E-state index in [9.17, 15) is 8.42 Å². The van der Waals surface area contributed by atoms with E-state index in [1.54, 1.807) is 0 Å². The van der Waals surface area contributed by atoms with Gasteiger partial charge in [0.05, 0.1) is 34.6 Å². The Bertz CT molecular complexity index is 965. The predicted molar refractivity (Wildman–Crippen MR) is 113 cm³/mol. The SMILES string of the molecule is Cc1nn([C@@H]2CCS(=O)(=O)C2)c(C)c1N1CCN(Cc2ccccc2Cl)CC1.